The number of pyridine rings is 1. The summed E-state index contributed by atoms with van der Waals surface area (Å²) in [6, 6.07) is 3.22. The molecule has 0 spiro atoms. The molecular formula is C17H26N2O4. The topological polar surface area (TPSA) is 80.6 Å². The van der Waals surface area contributed by atoms with Crippen molar-refractivity contribution in [3.8, 4) is 0 Å². The van der Waals surface area contributed by atoms with Crippen molar-refractivity contribution in [3.63, 3.8) is 0 Å². The standard InChI is InChI=1S/C17H26N2O4/c1-16(2,3)23-15(21)18-13-8-6-10-19(14(13)20)12-7-5-9-17(4,22)11-12/h6,8,10,12,22H,5,7,9,11H2,1-4H3,(H,18,21)/t12?,17-/m1/s1. The zero-order valence-corrected chi connectivity index (χ0v) is 14.3. The molecule has 1 unspecified atom stereocenters. The largest absolute Gasteiger partial charge is 0.444 e. The van der Waals surface area contributed by atoms with Gasteiger partial charge in [-0.05, 0) is 65.5 Å². The molecule has 0 saturated heterocycles. The Morgan fingerprint density at radius 1 is 1.48 bits per heavy atom. The SMILES string of the molecule is CC(C)(C)OC(=O)Nc1cccn(C2CCC[C@@](C)(O)C2)c1=O. The minimum Gasteiger partial charge on any atom is -0.444 e. The van der Waals surface area contributed by atoms with Gasteiger partial charge in [-0.1, -0.05) is 0 Å². The second-order valence-electron chi connectivity index (χ2n) is 7.51. The molecule has 6 heteroatoms. The van der Waals surface area contributed by atoms with Gasteiger partial charge in [0.1, 0.15) is 11.3 Å². The molecule has 128 valence electrons. The summed E-state index contributed by atoms with van der Waals surface area (Å²) in [5.74, 6) is 0. The normalized spacial score (nSPS) is 25.0. The first-order valence-corrected chi connectivity index (χ1v) is 8.01. The molecule has 1 heterocycles. The van der Waals surface area contributed by atoms with Gasteiger partial charge in [0.05, 0.1) is 5.60 Å². The number of rotatable bonds is 2. The van der Waals surface area contributed by atoms with Gasteiger partial charge in [0.25, 0.3) is 5.56 Å². The fraction of sp³-hybridized carbons (Fsp3) is 0.647. The van der Waals surface area contributed by atoms with Gasteiger partial charge >= 0.3 is 6.09 Å². The van der Waals surface area contributed by atoms with Crippen molar-refractivity contribution in [2.45, 2.75) is 70.6 Å². The number of carbonyl (C=O) groups excluding carboxylic acids is 1. The summed E-state index contributed by atoms with van der Waals surface area (Å²) in [6.07, 6.45) is 4.04. The molecule has 2 atom stereocenters. The van der Waals surface area contributed by atoms with Crippen LogP contribution in [0.2, 0.25) is 0 Å². The molecule has 0 radical (unpaired) electrons. The minimum absolute atomic E-state index is 0.0633. The molecule has 1 aliphatic carbocycles. The zero-order chi connectivity index (χ0) is 17.3. The number of amides is 1. The first-order valence-electron chi connectivity index (χ1n) is 8.01. The first-order chi connectivity index (χ1) is 10.6. The predicted octanol–water partition coefficient (Wildman–Crippen LogP) is 3.06. The Balaban J connectivity index is 2.18. The molecule has 1 amide bonds. The van der Waals surface area contributed by atoms with Gasteiger partial charge in [-0.15, -0.1) is 0 Å². The molecular weight excluding hydrogens is 296 g/mol. The van der Waals surface area contributed by atoms with Crippen molar-refractivity contribution >= 4 is 11.8 Å². The molecule has 1 aromatic rings. The van der Waals surface area contributed by atoms with Gasteiger partial charge in [-0.3, -0.25) is 10.1 Å². The first kappa shape index (κ1) is 17.5. The number of ether oxygens (including phenoxy) is 1. The Hall–Kier alpha value is -1.82. The van der Waals surface area contributed by atoms with Gasteiger partial charge in [-0.2, -0.15) is 0 Å². The van der Waals surface area contributed by atoms with Crippen molar-refractivity contribution in [1.29, 1.82) is 0 Å². The van der Waals surface area contributed by atoms with E-state index in [4.69, 9.17) is 4.74 Å². The summed E-state index contributed by atoms with van der Waals surface area (Å²) in [6.45, 7) is 7.09. The molecule has 1 saturated carbocycles. The van der Waals surface area contributed by atoms with Crippen LogP contribution in [0.25, 0.3) is 0 Å². The quantitative estimate of drug-likeness (QED) is 0.877. The molecule has 1 aliphatic rings. The molecule has 0 aliphatic heterocycles. The maximum Gasteiger partial charge on any atom is 0.412 e. The van der Waals surface area contributed by atoms with Gasteiger partial charge in [0.15, 0.2) is 0 Å². The zero-order valence-electron chi connectivity index (χ0n) is 14.3. The van der Waals surface area contributed by atoms with Crippen LogP contribution in [0.5, 0.6) is 0 Å². The monoisotopic (exact) mass is 322 g/mol. The van der Waals surface area contributed by atoms with Crippen LogP contribution in [-0.2, 0) is 4.74 Å². The highest BCUT2D eigenvalue weighted by Crippen LogP contribution is 2.34. The van der Waals surface area contributed by atoms with Crippen LogP contribution in [0.4, 0.5) is 10.5 Å². The van der Waals surface area contributed by atoms with Crippen LogP contribution in [0.15, 0.2) is 23.1 Å². The number of carbonyl (C=O) groups is 1. The second-order valence-corrected chi connectivity index (χ2v) is 7.51. The molecule has 6 nitrogen and oxygen atoms in total. The highest BCUT2D eigenvalue weighted by Gasteiger charge is 2.31. The van der Waals surface area contributed by atoms with E-state index in [1.165, 1.54) is 0 Å². The fourth-order valence-corrected chi connectivity index (χ4v) is 2.97. The number of hydrogen-bond acceptors (Lipinski definition) is 4. The van der Waals surface area contributed by atoms with Crippen LogP contribution < -0.4 is 10.9 Å². The van der Waals surface area contributed by atoms with E-state index >= 15 is 0 Å². The van der Waals surface area contributed by atoms with E-state index in [1.807, 2.05) is 0 Å². The molecule has 0 aromatic carbocycles. The number of hydrogen-bond donors (Lipinski definition) is 2. The Kier molecular flexibility index (Phi) is 4.84. The summed E-state index contributed by atoms with van der Waals surface area (Å²) >= 11 is 0. The van der Waals surface area contributed by atoms with E-state index < -0.39 is 17.3 Å². The second kappa shape index (κ2) is 6.35. The van der Waals surface area contributed by atoms with Crippen molar-refractivity contribution < 1.29 is 14.6 Å². The summed E-state index contributed by atoms with van der Waals surface area (Å²) in [5.41, 5.74) is -1.47. The molecule has 2 N–H and O–H groups in total. The Bertz CT molecular complexity index is 628. The third kappa shape index (κ3) is 4.82. The number of nitrogens with one attached hydrogen (secondary N) is 1. The minimum atomic E-state index is -0.753. The van der Waals surface area contributed by atoms with Crippen LogP contribution >= 0.6 is 0 Å². The van der Waals surface area contributed by atoms with Crippen LogP contribution in [0, 0.1) is 0 Å². The van der Waals surface area contributed by atoms with E-state index in [2.05, 4.69) is 5.32 Å². The van der Waals surface area contributed by atoms with E-state index in [0.29, 0.717) is 6.42 Å². The van der Waals surface area contributed by atoms with Crippen molar-refractivity contribution in [2.75, 3.05) is 5.32 Å². The lowest BCUT2D eigenvalue weighted by molar-refractivity contribution is 0.00332. The molecule has 1 aromatic heterocycles. The lowest BCUT2D eigenvalue weighted by atomic mass is 9.83. The van der Waals surface area contributed by atoms with Crippen molar-refractivity contribution in [3.05, 3.63) is 28.7 Å². The molecule has 2 rings (SSSR count). The Labute approximate surface area is 136 Å². The summed E-state index contributed by atoms with van der Waals surface area (Å²) in [7, 11) is 0. The Morgan fingerprint density at radius 2 is 2.17 bits per heavy atom. The molecule has 1 fully saturated rings. The van der Waals surface area contributed by atoms with Crippen molar-refractivity contribution in [2.24, 2.45) is 0 Å². The fourth-order valence-electron chi connectivity index (χ4n) is 2.97. The smallest absolute Gasteiger partial charge is 0.412 e. The number of aliphatic hydroxyl groups is 1. The number of aromatic nitrogens is 1. The highest BCUT2D eigenvalue weighted by atomic mass is 16.6. The maximum absolute atomic E-state index is 12.6. The van der Waals surface area contributed by atoms with Crippen LogP contribution in [0.3, 0.4) is 0 Å². The van der Waals surface area contributed by atoms with Gasteiger partial charge in [0.2, 0.25) is 0 Å². The summed E-state index contributed by atoms with van der Waals surface area (Å²) in [5, 5.41) is 12.7. The van der Waals surface area contributed by atoms with E-state index in [0.717, 1.165) is 19.3 Å². The lowest BCUT2D eigenvalue weighted by Crippen LogP contribution is -2.37. The maximum atomic E-state index is 12.6. The third-order valence-electron chi connectivity index (χ3n) is 3.93. The van der Waals surface area contributed by atoms with Crippen LogP contribution in [-0.4, -0.2) is 27.0 Å². The van der Waals surface area contributed by atoms with Gasteiger partial charge in [0, 0.05) is 12.2 Å². The highest BCUT2D eigenvalue weighted by molar-refractivity contribution is 5.84. The van der Waals surface area contributed by atoms with Crippen molar-refractivity contribution in [1.82, 2.24) is 4.57 Å². The molecule has 23 heavy (non-hydrogen) atoms. The average molecular weight is 322 g/mol. The number of anilines is 1. The average Bonchev–Trinajstić information content (AvgIpc) is 2.37. The van der Waals surface area contributed by atoms with Gasteiger partial charge in [-0.25, -0.2) is 4.79 Å². The summed E-state index contributed by atoms with van der Waals surface area (Å²) < 4.78 is 6.77. The van der Waals surface area contributed by atoms with E-state index in [9.17, 15) is 14.7 Å². The van der Waals surface area contributed by atoms with Gasteiger partial charge < -0.3 is 14.4 Å². The van der Waals surface area contributed by atoms with E-state index in [1.54, 1.807) is 50.6 Å². The summed E-state index contributed by atoms with van der Waals surface area (Å²) in [4.78, 5) is 24.4. The molecule has 0 bridgehead atoms. The number of nitrogens with zero attached hydrogens (tertiary/aromatic N) is 1. The van der Waals surface area contributed by atoms with Crippen LogP contribution in [0.1, 0.15) is 59.4 Å². The van der Waals surface area contributed by atoms with E-state index in [-0.39, 0.29) is 17.3 Å². The third-order valence-corrected chi connectivity index (χ3v) is 3.93. The lowest BCUT2D eigenvalue weighted by Gasteiger charge is -2.34. The predicted molar refractivity (Wildman–Crippen MR) is 88.7 cm³/mol. The Morgan fingerprint density at radius 3 is 2.78 bits per heavy atom.